The minimum absolute atomic E-state index is 0.987. The molecule has 2 aromatic carbocycles. The van der Waals surface area contributed by atoms with Crippen LogP contribution in [-0.4, -0.2) is 0 Å². The van der Waals surface area contributed by atoms with Gasteiger partial charge < -0.3 is 0 Å². The molecule has 0 aromatic heterocycles. The van der Waals surface area contributed by atoms with Gasteiger partial charge in [0, 0.05) is 0 Å². The Hall–Kier alpha value is -2.34. The summed E-state index contributed by atoms with van der Waals surface area (Å²) in [5, 5.41) is 0. The maximum Gasteiger partial charge on any atom is -0.00174 e. The zero-order valence-corrected chi connectivity index (χ0v) is 13.6. The molecule has 0 aliphatic heterocycles. The topological polar surface area (TPSA) is 0 Å². The third-order valence-corrected chi connectivity index (χ3v) is 3.43. The van der Waals surface area contributed by atoms with Crippen molar-refractivity contribution in [2.45, 2.75) is 27.7 Å². The van der Waals surface area contributed by atoms with Crippen molar-refractivity contribution in [3.63, 3.8) is 0 Å². The highest BCUT2D eigenvalue weighted by molar-refractivity contribution is 5.96. The van der Waals surface area contributed by atoms with E-state index in [0.29, 0.717) is 0 Å². The first-order valence-electron chi connectivity index (χ1n) is 7.39. The van der Waals surface area contributed by atoms with Gasteiger partial charge in [-0.2, -0.15) is 0 Å². The Morgan fingerprint density at radius 3 is 1.18 bits per heavy atom. The number of allylic oxidation sites excluding steroid dienone is 6. The second kappa shape index (κ2) is 7.61. The van der Waals surface area contributed by atoms with Gasteiger partial charge in [-0.3, -0.25) is 0 Å². The highest BCUT2D eigenvalue weighted by Crippen LogP contribution is 2.28. The van der Waals surface area contributed by atoms with Crippen LogP contribution in [0.2, 0.25) is 0 Å². The van der Waals surface area contributed by atoms with E-state index in [4.69, 9.17) is 0 Å². The third-order valence-electron chi connectivity index (χ3n) is 3.43. The smallest absolute Gasteiger partial charge is 0.00174 e. The Balaban J connectivity index is 2.66. The number of aryl methyl sites for hydroxylation is 2. The van der Waals surface area contributed by atoms with E-state index in [-0.39, 0.29) is 0 Å². The van der Waals surface area contributed by atoms with Crippen LogP contribution in [-0.2, 0) is 0 Å². The lowest BCUT2D eigenvalue weighted by Gasteiger charge is -2.10. The summed E-state index contributed by atoms with van der Waals surface area (Å²) in [7, 11) is 0. The van der Waals surface area contributed by atoms with Crippen molar-refractivity contribution in [1.82, 2.24) is 0 Å². The van der Waals surface area contributed by atoms with Crippen LogP contribution >= 0.6 is 0 Å². The fourth-order valence-corrected chi connectivity index (χ4v) is 2.25. The zero-order chi connectivity index (χ0) is 15.9. The average molecular weight is 284 g/mol. The summed E-state index contributed by atoms with van der Waals surface area (Å²) in [6.07, 6.45) is 12.5. The largest absolute Gasteiger partial charge is 0.0587 e. The lowest BCUT2D eigenvalue weighted by Crippen LogP contribution is -1.91. The van der Waals surface area contributed by atoms with E-state index in [2.05, 4.69) is 86.7 Å². The van der Waals surface area contributed by atoms with Crippen molar-refractivity contribution in [1.29, 1.82) is 0 Å². The standard InChI is InChI=1S/C22H20/c1-5-7-21(19-13-9-17(3)10-14-19)22(8-6-2)20-15-11-18(4)12-16-20/h9-16H,1-4H3/b7-5?,8-6?,22-21+. The summed E-state index contributed by atoms with van der Waals surface area (Å²) in [4.78, 5) is 0. The van der Waals surface area contributed by atoms with Crippen LogP contribution in [0.15, 0.2) is 48.5 Å². The van der Waals surface area contributed by atoms with Crippen molar-refractivity contribution in [3.8, 4) is 0 Å². The molecule has 0 aliphatic carbocycles. The average Bonchev–Trinajstić information content (AvgIpc) is 2.53. The van der Waals surface area contributed by atoms with Crippen molar-refractivity contribution in [3.05, 3.63) is 95.1 Å². The van der Waals surface area contributed by atoms with Gasteiger partial charge in [0.1, 0.15) is 0 Å². The molecule has 0 heterocycles. The van der Waals surface area contributed by atoms with Crippen LogP contribution in [0.3, 0.4) is 0 Å². The monoisotopic (exact) mass is 284 g/mol. The zero-order valence-electron chi connectivity index (χ0n) is 13.6. The summed E-state index contributed by atoms with van der Waals surface area (Å²) in [6, 6.07) is 16.9. The van der Waals surface area contributed by atoms with E-state index in [1.54, 1.807) is 0 Å². The Bertz CT molecular complexity index is 629. The molecule has 2 aromatic rings. The van der Waals surface area contributed by atoms with E-state index in [9.17, 15) is 0 Å². The van der Waals surface area contributed by atoms with E-state index in [1.807, 2.05) is 13.8 Å². The summed E-state index contributed by atoms with van der Waals surface area (Å²) >= 11 is 0. The molecule has 0 bridgehead atoms. The quantitative estimate of drug-likeness (QED) is 0.508. The van der Waals surface area contributed by atoms with Crippen LogP contribution in [0.1, 0.15) is 36.1 Å². The minimum Gasteiger partial charge on any atom is -0.0587 e. The third kappa shape index (κ3) is 3.85. The highest BCUT2D eigenvalue weighted by Gasteiger charge is 2.08. The molecule has 108 valence electrons. The van der Waals surface area contributed by atoms with Gasteiger partial charge >= 0.3 is 0 Å². The summed E-state index contributed by atoms with van der Waals surface area (Å²) in [5.41, 5.74) is 6.68. The molecule has 0 N–H and O–H groups in total. The Labute approximate surface area is 134 Å². The molecule has 0 unspecified atom stereocenters. The fourth-order valence-electron chi connectivity index (χ4n) is 2.25. The molecule has 0 atom stereocenters. The fraction of sp³-hybridized carbons (Fsp3) is 0.182. The SMILES string of the molecule is C[C]=[C]/C(=C(/[C]=[C]C)c1ccc(C)cc1)c1ccc(C)cc1. The molecule has 0 saturated carbocycles. The first kappa shape index (κ1) is 16.0. The number of benzene rings is 2. The van der Waals surface area contributed by atoms with Gasteiger partial charge in [-0.25, -0.2) is 0 Å². The van der Waals surface area contributed by atoms with Crippen molar-refractivity contribution >= 4 is 11.1 Å². The Morgan fingerprint density at radius 2 is 0.909 bits per heavy atom. The van der Waals surface area contributed by atoms with E-state index in [0.717, 1.165) is 22.3 Å². The van der Waals surface area contributed by atoms with E-state index >= 15 is 0 Å². The van der Waals surface area contributed by atoms with Crippen LogP contribution in [0.5, 0.6) is 0 Å². The molecule has 0 fully saturated rings. The summed E-state index contributed by atoms with van der Waals surface area (Å²) in [6.45, 7) is 7.90. The number of hydrogen-bond donors (Lipinski definition) is 0. The lowest BCUT2D eigenvalue weighted by atomic mass is 9.93. The van der Waals surface area contributed by atoms with E-state index < -0.39 is 0 Å². The normalized spacial score (nSPS) is 12.9. The molecule has 0 saturated heterocycles. The lowest BCUT2D eigenvalue weighted by molar-refractivity contribution is 1.43. The minimum atomic E-state index is 0.987. The van der Waals surface area contributed by atoms with Gasteiger partial charge in [0.15, 0.2) is 0 Å². The Kier molecular flexibility index (Phi) is 5.55. The van der Waals surface area contributed by atoms with Gasteiger partial charge in [0.05, 0.1) is 0 Å². The van der Waals surface area contributed by atoms with Gasteiger partial charge in [-0.05, 0) is 74.3 Å². The van der Waals surface area contributed by atoms with Gasteiger partial charge in [-0.1, -0.05) is 59.7 Å². The molecular formula is C22H20. The van der Waals surface area contributed by atoms with Crippen LogP contribution in [0, 0.1) is 38.2 Å². The molecule has 22 heavy (non-hydrogen) atoms. The molecule has 0 spiro atoms. The molecule has 2 rings (SSSR count). The maximum atomic E-state index is 3.24. The predicted octanol–water partition coefficient (Wildman–Crippen LogP) is 5.58. The molecule has 0 aliphatic rings. The van der Waals surface area contributed by atoms with Crippen molar-refractivity contribution in [2.75, 3.05) is 0 Å². The van der Waals surface area contributed by atoms with Crippen LogP contribution in [0.4, 0.5) is 0 Å². The maximum absolute atomic E-state index is 3.24. The van der Waals surface area contributed by atoms with Gasteiger partial charge in [-0.15, -0.1) is 0 Å². The number of rotatable bonds is 4. The molecular weight excluding hydrogens is 264 g/mol. The van der Waals surface area contributed by atoms with Crippen molar-refractivity contribution in [2.24, 2.45) is 0 Å². The molecule has 0 nitrogen and oxygen atoms in total. The van der Waals surface area contributed by atoms with Crippen molar-refractivity contribution < 1.29 is 0 Å². The molecule has 0 amide bonds. The highest BCUT2D eigenvalue weighted by atomic mass is 14.1. The summed E-state index contributed by atoms with van der Waals surface area (Å²) < 4.78 is 0. The first-order valence-corrected chi connectivity index (χ1v) is 7.39. The second-order valence-corrected chi connectivity index (χ2v) is 5.23. The Morgan fingerprint density at radius 1 is 0.591 bits per heavy atom. The first-order chi connectivity index (χ1) is 10.7. The second-order valence-electron chi connectivity index (χ2n) is 5.23. The van der Waals surface area contributed by atoms with Gasteiger partial charge in [0.25, 0.3) is 0 Å². The van der Waals surface area contributed by atoms with Crippen LogP contribution < -0.4 is 0 Å². The van der Waals surface area contributed by atoms with E-state index in [1.165, 1.54) is 11.1 Å². The predicted molar refractivity (Wildman–Crippen MR) is 93.5 cm³/mol. The van der Waals surface area contributed by atoms with Crippen LogP contribution in [0.25, 0.3) is 11.1 Å². The molecule has 0 heteroatoms. The van der Waals surface area contributed by atoms with Gasteiger partial charge in [0.2, 0.25) is 0 Å². The number of hydrogen-bond acceptors (Lipinski definition) is 0. The molecule has 4 radical (unpaired) electrons. The summed E-state index contributed by atoms with van der Waals surface area (Å²) in [5.74, 6) is 0.